The lowest BCUT2D eigenvalue weighted by atomic mass is 9.82. The van der Waals surface area contributed by atoms with Gasteiger partial charge in [0.15, 0.2) is 0 Å². The lowest BCUT2D eigenvalue weighted by Gasteiger charge is -2.28. The summed E-state index contributed by atoms with van der Waals surface area (Å²) in [6.45, 7) is 4.69. The Morgan fingerprint density at radius 2 is 0.554 bits per heavy atom. The van der Waals surface area contributed by atoms with Gasteiger partial charge in [-0.05, 0) is 140 Å². The molecule has 0 fully saturated rings. The van der Waals surface area contributed by atoms with Gasteiger partial charge in [-0.3, -0.25) is 0 Å². The summed E-state index contributed by atoms with van der Waals surface area (Å²) in [5, 5.41) is 0. The van der Waals surface area contributed by atoms with Crippen LogP contribution in [0.15, 0.2) is 255 Å². The van der Waals surface area contributed by atoms with Crippen LogP contribution in [0.3, 0.4) is 0 Å². The minimum Gasteiger partial charge on any atom is -0.310 e. The Balaban J connectivity index is 1.00. The molecular formula is C63H48N2. The van der Waals surface area contributed by atoms with Crippen molar-refractivity contribution in [2.45, 2.75) is 19.3 Å². The molecule has 0 saturated carbocycles. The summed E-state index contributed by atoms with van der Waals surface area (Å²) in [6.07, 6.45) is 0. The normalized spacial score (nSPS) is 12.3. The van der Waals surface area contributed by atoms with E-state index in [1.807, 2.05) is 0 Å². The SMILES string of the molecule is CC1(C)c2ccccc2-c2cc(N(c3ccc(-c4ccccc4)cc3)c3cccc(-c4cccc(N(c5ccc(-c6ccccc6)cc5)c5ccc(-c6ccccc6)cc5)c4)c3)ccc21. The quantitative estimate of drug-likeness (QED) is 0.135. The molecule has 11 rings (SSSR count). The van der Waals surface area contributed by atoms with E-state index in [1.54, 1.807) is 0 Å². The van der Waals surface area contributed by atoms with Gasteiger partial charge in [0.2, 0.25) is 0 Å². The van der Waals surface area contributed by atoms with Crippen LogP contribution < -0.4 is 9.80 Å². The molecule has 0 amide bonds. The van der Waals surface area contributed by atoms with Crippen molar-refractivity contribution < 1.29 is 0 Å². The number of fused-ring (bicyclic) bond motifs is 3. The van der Waals surface area contributed by atoms with E-state index in [9.17, 15) is 0 Å². The molecule has 1 aliphatic carbocycles. The zero-order valence-electron chi connectivity index (χ0n) is 36.6. The lowest BCUT2D eigenvalue weighted by Crippen LogP contribution is -2.15. The van der Waals surface area contributed by atoms with Crippen LogP contribution in [0.2, 0.25) is 0 Å². The van der Waals surface area contributed by atoms with Crippen LogP contribution in [0, 0.1) is 0 Å². The highest BCUT2D eigenvalue weighted by Crippen LogP contribution is 2.51. The average molecular weight is 833 g/mol. The summed E-state index contributed by atoms with van der Waals surface area (Å²) < 4.78 is 0. The van der Waals surface area contributed by atoms with Crippen LogP contribution in [0.4, 0.5) is 34.1 Å². The van der Waals surface area contributed by atoms with Gasteiger partial charge < -0.3 is 9.80 Å². The fourth-order valence-electron chi connectivity index (χ4n) is 9.69. The first-order valence-corrected chi connectivity index (χ1v) is 22.5. The van der Waals surface area contributed by atoms with Gasteiger partial charge in [-0.2, -0.15) is 0 Å². The molecule has 65 heavy (non-hydrogen) atoms. The van der Waals surface area contributed by atoms with E-state index < -0.39 is 0 Å². The van der Waals surface area contributed by atoms with Gasteiger partial charge in [0.25, 0.3) is 0 Å². The van der Waals surface area contributed by atoms with Crippen LogP contribution in [0.5, 0.6) is 0 Å². The molecule has 0 radical (unpaired) electrons. The second-order valence-corrected chi connectivity index (χ2v) is 17.4. The molecular weight excluding hydrogens is 785 g/mol. The van der Waals surface area contributed by atoms with Crippen molar-refractivity contribution in [3.05, 3.63) is 266 Å². The average Bonchev–Trinajstić information content (AvgIpc) is 3.61. The summed E-state index contributed by atoms with van der Waals surface area (Å²) >= 11 is 0. The predicted octanol–water partition coefficient (Wildman–Crippen LogP) is 17.6. The largest absolute Gasteiger partial charge is 0.310 e. The first-order valence-electron chi connectivity index (χ1n) is 22.5. The van der Waals surface area contributed by atoms with Crippen LogP contribution in [0.25, 0.3) is 55.6 Å². The maximum Gasteiger partial charge on any atom is 0.0468 e. The van der Waals surface area contributed by atoms with Gasteiger partial charge in [0.05, 0.1) is 0 Å². The zero-order valence-corrected chi connectivity index (χ0v) is 36.6. The molecule has 2 nitrogen and oxygen atoms in total. The number of rotatable bonds is 10. The highest BCUT2D eigenvalue weighted by atomic mass is 15.1. The van der Waals surface area contributed by atoms with Gasteiger partial charge in [-0.25, -0.2) is 0 Å². The van der Waals surface area contributed by atoms with Gasteiger partial charge in [-0.15, -0.1) is 0 Å². The van der Waals surface area contributed by atoms with Gasteiger partial charge in [-0.1, -0.05) is 196 Å². The first kappa shape index (κ1) is 39.6. The van der Waals surface area contributed by atoms with Crippen molar-refractivity contribution in [1.82, 2.24) is 0 Å². The Hall–Kier alpha value is -8.20. The number of hydrogen-bond donors (Lipinski definition) is 0. The summed E-state index contributed by atoms with van der Waals surface area (Å²) in [7, 11) is 0. The van der Waals surface area contributed by atoms with E-state index in [0.717, 1.165) is 45.3 Å². The van der Waals surface area contributed by atoms with Crippen LogP contribution in [-0.2, 0) is 5.41 Å². The Morgan fingerprint density at radius 3 is 1.00 bits per heavy atom. The smallest absolute Gasteiger partial charge is 0.0468 e. The second kappa shape index (κ2) is 16.8. The van der Waals surface area contributed by atoms with E-state index in [2.05, 4.69) is 278 Å². The molecule has 0 bridgehead atoms. The molecule has 0 spiro atoms. The number of benzene rings is 10. The third-order valence-electron chi connectivity index (χ3n) is 13.1. The summed E-state index contributed by atoms with van der Waals surface area (Å²) in [6, 6.07) is 92.5. The van der Waals surface area contributed by atoms with Crippen molar-refractivity contribution in [3.63, 3.8) is 0 Å². The molecule has 10 aromatic rings. The van der Waals surface area contributed by atoms with Crippen molar-refractivity contribution in [2.75, 3.05) is 9.80 Å². The van der Waals surface area contributed by atoms with Gasteiger partial charge in [0, 0.05) is 39.5 Å². The molecule has 0 aromatic heterocycles. The minimum atomic E-state index is -0.0701. The van der Waals surface area contributed by atoms with Crippen LogP contribution in [-0.4, -0.2) is 0 Å². The van der Waals surface area contributed by atoms with Crippen molar-refractivity contribution >= 4 is 34.1 Å². The summed E-state index contributed by atoms with van der Waals surface area (Å²) in [4.78, 5) is 4.77. The Bertz CT molecular complexity index is 3160. The van der Waals surface area contributed by atoms with Crippen molar-refractivity contribution in [1.29, 1.82) is 0 Å². The molecule has 1 aliphatic rings. The highest BCUT2D eigenvalue weighted by Gasteiger charge is 2.35. The Labute approximate surface area is 383 Å². The molecule has 0 saturated heterocycles. The third-order valence-corrected chi connectivity index (χ3v) is 13.1. The summed E-state index contributed by atoms with van der Waals surface area (Å²) in [5.41, 5.74) is 21.3. The van der Waals surface area contributed by atoms with E-state index in [1.165, 1.54) is 55.6 Å². The molecule has 310 valence electrons. The van der Waals surface area contributed by atoms with Gasteiger partial charge >= 0.3 is 0 Å². The standard InChI is InChI=1S/C63H48N2/c1-63(2)61-27-13-12-26-59(61)60-44-58(40-41-62(60)63)65(55-38-32-50(33-39-55)47-20-10-5-11-21-47)57-25-15-23-52(43-57)51-22-14-24-56(42-51)64(53-34-28-48(29-35-53)45-16-6-3-7-17-45)54-36-30-49(31-37-54)46-18-8-4-9-19-46/h3-44H,1-2H3. The minimum absolute atomic E-state index is 0.0701. The van der Waals surface area contributed by atoms with Gasteiger partial charge in [0.1, 0.15) is 0 Å². The Kier molecular flexibility index (Phi) is 10.3. The molecule has 0 unspecified atom stereocenters. The van der Waals surface area contributed by atoms with Crippen molar-refractivity contribution in [3.8, 4) is 55.6 Å². The molecule has 0 N–H and O–H groups in total. The molecule has 2 heteroatoms. The van der Waals surface area contributed by atoms with Crippen LogP contribution in [0.1, 0.15) is 25.0 Å². The topological polar surface area (TPSA) is 6.48 Å². The van der Waals surface area contributed by atoms with Crippen molar-refractivity contribution in [2.24, 2.45) is 0 Å². The third kappa shape index (κ3) is 7.60. The second-order valence-electron chi connectivity index (χ2n) is 17.4. The van der Waals surface area contributed by atoms with Crippen LogP contribution >= 0.6 is 0 Å². The molecule has 0 heterocycles. The maximum atomic E-state index is 2.41. The maximum absolute atomic E-state index is 2.41. The first-order chi connectivity index (χ1) is 32.0. The monoisotopic (exact) mass is 832 g/mol. The van der Waals surface area contributed by atoms with E-state index in [-0.39, 0.29) is 5.41 Å². The zero-order chi connectivity index (χ0) is 43.7. The lowest BCUT2D eigenvalue weighted by molar-refractivity contribution is 0.660. The number of nitrogens with zero attached hydrogens (tertiary/aromatic N) is 2. The number of anilines is 6. The fourth-order valence-corrected chi connectivity index (χ4v) is 9.69. The Morgan fingerprint density at radius 1 is 0.231 bits per heavy atom. The van der Waals surface area contributed by atoms with E-state index in [4.69, 9.17) is 0 Å². The summed E-state index contributed by atoms with van der Waals surface area (Å²) in [5.74, 6) is 0. The molecule has 0 aliphatic heterocycles. The van der Waals surface area contributed by atoms with E-state index >= 15 is 0 Å². The fraction of sp³-hybridized carbons (Fsp3) is 0.0476. The van der Waals surface area contributed by atoms with E-state index in [0.29, 0.717) is 0 Å². The molecule has 0 atom stereocenters. The highest BCUT2D eigenvalue weighted by molar-refractivity contribution is 5.89. The molecule has 10 aromatic carbocycles. The predicted molar refractivity (Wildman–Crippen MR) is 275 cm³/mol. The number of hydrogen-bond acceptors (Lipinski definition) is 2.